The number of rotatable bonds is 6. The second-order valence-electron chi connectivity index (χ2n) is 6.87. The van der Waals surface area contributed by atoms with Gasteiger partial charge in [-0.15, -0.1) is 0 Å². The molecule has 29 heavy (non-hydrogen) atoms. The van der Waals surface area contributed by atoms with E-state index >= 15 is 0 Å². The smallest absolute Gasteiger partial charge is 0.321 e. The molecule has 0 radical (unpaired) electrons. The summed E-state index contributed by atoms with van der Waals surface area (Å²) in [5.41, 5.74) is 0.622. The molecule has 0 spiro atoms. The van der Waals surface area contributed by atoms with Crippen molar-refractivity contribution in [3.8, 4) is 5.75 Å². The summed E-state index contributed by atoms with van der Waals surface area (Å²) in [4.78, 5) is 14.4. The first-order valence-electron chi connectivity index (χ1n) is 9.33. The van der Waals surface area contributed by atoms with Gasteiger partial charge in [-0.3, -0.25) is 0 Å². The van der Waals surface area contributed by atoms with Gasteiger partial charge in [-0.1, -0.05) is 29.8 Å². The zero-order valence-electron chi connectivity index (χ0n) is 16.1. The number of hydrogen-bond donors (Lipinski definition) is 2. The maximum Gasteiger partial charge on any atom is 0.321 e. The quantitative estimate of drug-likeness (QED) is 0.723. The number of para-hydroxylation sites is 2. The number of amides is 2. The third kappa shape index (κ3) is 5.62. The Morgan fingerprint density at radius 1 is 1.17 bits per heavy atom. The highest BCUT2D eigenvalue weighted by Crippen LogP contribution is 2.25. The van der Waals surface area contributed by atoms with Crippen molar-refractivity contribution in [1.82, 2.24) is 9.62 Å². The minimum atomic E-state index is -3.60. The number of methoxy groups -OCH3 is 1. The predicted molar refractivity (Wildman–Crippen MR) is 113 cm³/mol. The van der Waals surface area contributed by atoms with E-state index in [1.807, 2.05) is 12.1 Å². The maximum atomic E-state index is 12.5. The van der Waals surface area contributed by atoms with Gasteiger partial charge in [-0.05, 0) is 49.1 Å². The van der Waals surface area contributed by atoms with Crippen molar-refractivity contribution >= 4 is 33.3 Å². The summed E-state index contributed by atoms with van der Waals surface area (Å²) in [5, 5.41) is 3.24. The first-order chi connectivity index (χ1) is 13.9. The SMILES string of the molecule is COc1ccccc1NC(=O)N1CCC(CNS(=O)(=O)c2cccc(Cl)c2)CC1. The van der Waals surface area contributed by atoms with E-state index in [-0.39, 0.29) is 16.8 Å². The lowest BCUT2D eigenvalue weighted by atomic mass is 9.97. The van der Waals surface area contributed by atoms with Crippen LogP contribution in [0.25, 0.3) is 0 Å². The molecule has 1 fully saturated rings. The van der Waals surface area contributed by atoms with Crippen LogP contribution in [-0.2, 0) is 10.0 Å². The van der Waals surface area contributed by atoms with Gasteiger partial charge in [0.2, 0.25) is 10.0 Å². The van der Waals surface area contributed by atoms with Gasteiger partial charge in [0.15, 0.2) is 0 Å². The predicted octanol–water partition coefficient (Wildman–Crippen LogP) is 3.57. The van der Waals surface area contributed by atoms with Gasteiger partial charge in [0, 0.05) is 24.7 Å². The molecule has 0 bridgehead atoms. The number of carbonyl (C=O) groups is 1. The number of benzene rings is 2. The highest BCUT2D eigenvalue weighted by molar-refractivity contribution is 7.89. The summed E-state index contributed by atoms with van der Waals surface area (Å²) >= 11 is 5.88. The van der Waals surface area contributed by atoms with Gasteiger partial charge in [0.1, 0.15) is 5.75 Å². The Bertz CT molecular complexity index is 960. The number of ether oxygens (including phenoxy) is 1. The summed E-state index contributed by atoms with van der Waals surface area (Å²) < 4.78 is 32.7. The minimum absolute atomic E-state index is 0.152. The average molecular weight is 438 g/mol. The molecular weight excluding hydrogens is 414 g/mol. The first kappa shape index (κ1) is 21.4. The molecule has 156 valence electrons. The van der Waals surface area contributed by atoms with Crippen LogP contribution >= 0.6 is 11.6 Å². The van der Waals surface area contributed by atoms with Gasteiger partial charge in [0.05, 0.1) is 17.7 Å². The van der Waals surface area contributed by atoms with Gasteiger partial charge >= 0.3 is 6.03 Å². The van der Waals surface area contributed by atoms with E-state index in [2.05, 4.69) is 10.0 Å². The van der Waals surface area contributed by atoms with Gasteiger partial charge in [-0.25, -0.2) is 17.9 Å². The van der Waals surface area contributed by atoms with Crippen molar-refractivity contribution < 1.29 is 17.9 Å². The number of urea groups is 1. The van der Waals surface area contributed by atoms with E-state index in [9.17, 15) is 13.2 Å². The summed E-state index contributed by atoms with van der Waals surface area (Å²) in [6.45, 7) is 1.45. The molecule has 2 N–H and O–H groups in total. The number of nitrogens with zero attached hydrogens (tertiary/aromatic N) is 1. The number of likely N-dealkylation sites (tertiary alicyclic amines) is 1. The van der Waals surface area contributed by atoms with Crippen LogP contribution in [0.3, 0.4) is 0 Å². The van der Waals surface area contributed by atoms with Crippen LogP contribution in [0.1, 0.15) is 12.8 Å². The summed E-state index contributed by atoms with van der Waals surface area (Å²) in [6, 6.07) is 13.2. The van der Waals surface area contributed by atoms with Crippen LogP contribution in [0.2, 0.25) is 5.02 Å². The molecule has 0 aromatic heterocycles. The number of piperidine rings is 1. The zero-order chi connectivity index (χ0) is 20.9. The Morgan fingerprint density at radius 3 is 2.59 bits per heavy atom. The maximum absolute atomic E-state index is 12.5. The zero-order valence-corrected chi connectivity index (χ0v) is 17.7. The highest BCUT2D eigenvalue weighted by Gasteiger charge is 2.25. The Hall–Kier alpha value is -2.29. The van der Waals surface area contributed by atoms with E-state index in [1.165, 1.54) is 12.1 Å². The monoisotopic (exact) mass is 437 g/mol. The molecule has 0 unspecified atom stereocenters. The second kappa shape index (κ2) is 9.47. The van der Waals surface area contributed by atoms with Crippen LogP contribution in [-0.4, -0.2) is 46.1 Å². The fraction of sp³-hybridized carbons (Fsp3) is 0.350. The molecule has 2 amide bonds. The number of anilines is 1. The molecule has 1 aliphatic heterocycles. The molecule has 1 aliphatic rings. The molecule has 2 aromatic rings. The topological polar surface area (TPSA) is 87.7 Å². The lowest BCUT2D eigenvalue weighted by Gasteiger charge is -2.32. The Labute approximate surface area is 176 Å². The fourth-order valence-corrected chi connectivity index (χ4v) is 4.64. The minimum Gasteiger partial charge on any atom is -0.495 e. The van der Waals surface area contributed by atoms with Crippen LogP contribution < -0.4 is 14.8 Å². The highest BCUT2D eigenvalue weighted by atomic mass is 35.5. The molecule has 0 atom stereocenters. The number of halogens is 1. The number of sulfonamides is 1. The fourth-order valence-electron chi connectivity index (χ4n) is 3.23. The molecule has 2 aromatic carbocycles. The van der Waals surface area contributed by atoms with E-state index in [4.69, 9.17) is 16.3 Å². The molecular formula is C20H24ClN3O4S. The van der Waals surface area contributed by atoms with Gasteiger partial charge < -0.3 is 15.0 Å². The van der Waals surface area contributed by atoms with Crippen LogP contribution in [0.5, 0.6) is 5.75 Å². The molecule has 9 heteroatoms. The van der Waals surface area contributed by atoms with E-state index in [0.717, 1.165) is 12.8 Å². The van der Waals surface area contributed by atoms with Crippen molar-refractivity contribution in [2.45, 2.75) is 17.7 Å². The van der Waals surface area contributed by atoms with Crippen molar-refractivity contribution in [3.63, 3.8) is 0 Å². The van der Waals surface area contributed by atoms with Crippen molar-refractivity contribution in [3.05, 3.63) is 53.6 Å². The Morgan fingerprint density at radius 2 is 1.90 bits per heavy atom. The standard InChI is InChI=1S/C20H24ClN3O4S/c1-28-19-8-3-2-7-18(19)23-20(25)24-11-9-15(10-12-24)14-22-29(26,27)17-6-4-5-16(21)13-17/h2-8,13,15,22H,9-12,14H2,1H3,(H,23,25). The normalized spacial score (nSPS) is 15.2. The molecule has 0 saturated carbocycles. The second-order valence-corrected chi connectivity index (χ2v) is 9.07. The first-order valence-corrected chi connectivity index (χ1v) is 11.2. The van der Waals surface area contributed by atoms with Crippen molar-refractivity contribution in [2.75, 3.05) is 32.1 Å². The molecule has 3 rings (SSSR count). The van der Waals surface area contributed by atoms with Crippen molar-refractivity contribution in [1.29, 1.82) is 0 Å². The van der Waals surface area contributed by atoms with Crippen LogP contribution in [0.15, 0.2) is 53.4 Å². The Kier molecular flexibility index (Phi) is 7.00. The van der Waals surface area contributed by atoms with E-state index in [0.29, 0.717) is 36.1 Å². The largest absolute Gasteiger partial charge is 0.495 e. The molecule has 7 nitrogen and oxygen atoms in total. The van der Waals surface area contributed by atoms with Crippen LogP contribution in [0.4, 0.5) is 10.5 Å². The summed E-state index contributed by atoms with van der Waals surface area (Å²) in [7, 11) is -2.05. The molecule has 1 saturated heterocycles. The van der Waals surface area contributed by atoms with E-state index < -0.39 is 10.0 Å². The molecule has 1 heterocycles. The van der Waals surface area contributed by atoms with E-state index in [1.54, 1.807) is 36.3 Å². The van der Waals surface area contributed by atoms with Gasteiger partial charge in [0.25, 0.3) is 0 Å². The number of nitrogens with one attached hydrogen (secondary N) is 2. The number of hydrogen-bond acceptors (Lipinski definition) is 4. The van der Waals surface area contributed by atoms with Crippen LogP contribution in [0, 0.1) is 5.92 Å². The van der Waals surface area contributed by atoms with Crippen molar-refractivity contribution in [2.24, 2.45) is 5.92 Å². The molecule has 0 aliphatic carbocycles. The number of carbonyl (C=O) groups excluding carboxylic acids is 1. The Balaban J connectivity index is 1.49. The summed E-state index contributed by atoms with van der Waals surface area (Å²) in [6.07, 6.45) is 1.44. The lowest BCUT2D eigenvalue weighted by molar-refractivity contribution is 0.183. The summed E-state index contributed by atoms with van der Waals surface area (Å²) in [5.74, 6) is 0.769. The van der Waals surface area contributed by atoms with Gasteiger partial charge in [-0.2, -0.15) is 0 Å². The lowest BCUT2D eigenvalue weighted by Crippen LogP contribution is -2.43. The third-order valence-corrected chi connectivity index (χ3v) is 6.58. The third-order valence-electron chi connectivity index (χ3n) is 4.92. The average Bonchev–Trinajstić information content (AvgIpc) is 2.73.